The molecule has 10 nitrogen and oxygen atoms in total. The molecule has 2 rings (SSSR count). The van der Waals surface area contributed by atoms with Crippen LogP contribution in [0, 0.1) is 36.5 Å². The molecule has 0 radical (unpaired) electrons. The highest BCUT2D eigenvalue weighted by Gasteiger charge is 2.15. The van der Waals surface area contributed by atoms with E-state index in [1.54, 1.807) is 6.92 Å². The van der Waals surface area contributed by atoms with Crippen molar-refractivity contribution >= 4 is 27.7 Å². The Balaban J connectivity index is 1.60. The van der Waals surface area contributed by atoms with E-state index in [4.69, 9.17) is 18.9 Å². The van der Waals surface area contributed by atoms with Gasteiger partial charge in [-0.2, -0.15) is 10.5 Å². The number of hydrazine groups is 1. The van der Waals surface area contributed by atoms with Crippen LogP contribution < -0.4 is 15.8 Å². The van der Waals surface area contributed by atoms with Crippen LogP contribution in [0.15, 0.2) is 18.2 Å². The van der Waals surface area contributed by atoms with Gasteiger partial charge in [0.05, 0.1) is 84.7 Å². The number of benzene rings is 1. The van der Waals surface area contributed by atoms with Crippen molar-refractivity contribution in [3.05, 3.63) is 39.8 Å². The maximum Gasteiger partial charge on any atom is 0.127 e. The van der Waals surface area contributed by atoms with E-state index in [9.17, 15) is 10.5 Å². The maximum atomic E-state index is 9.45. The van der Waals surface area contributed by atoms with Crippen LogP contribution in [0.3, 0.4) is 0 Å². The van der Waals surface area contributed by atoms with Crippen molar-refractivity contribution in [3.8, 4) is 12.1 Å². The summed E-state index contributed by atoms with van der Waals surface area (Å²) in [5, 5.41) is 19.3. The molecule has 2 aromatic rings. The average Bonchev–Trinajstić information content (AvgIpc) is 3.28. The lowest BCUT2D eigenvalue weighted by atomic mass is 10.1. The summed E-state index contributed by atoms with van der Waals surface area (Å²) in [6.45, 7) is 16.6. The fraction of sp³-hybridized carbons (Fsp3) is 0.600. The second-order valence-electron chi connectivity index (χ2n) is 10.2. The van der Waals surface area contributed by atoms with E-state index in [0.29, 0.717) is 67.3 Å². The highest BCUT2D eigenvalue weighted by atomic mass is 32.1. The Morgan fingerprint density at radius 3 is 2.00 bits per heavy atom. The van der Waals surface area contributed by atoms with Crippen LogP contribution >= 0.6 is 11.3 Å². The lowest BCUT2D eigenvalue weighted by Gasteiger charge is -2.27. The lowest BCUT2D eigenvalue weighted by molar-refractivity contribution is -0.888. The molecular formula is C30H47N6O4S+. The molecule has 1 heterocycles. The van der Waals surface area contributed by atoms with Crippen LogP contribution in [0.25, 0.3) is 0 Å². The molecular weight excluding hydrogens is 540 g/mol. The fourth-order valence-corrected chi connectivity index (χ4v) is 4.74. The van der Waals surface area contributed by atoms with Crippen molar-refractivity contribution in [2.24, 2.45) is 0 Å². The quantitative estimate of drug-likeness (QED) is 0.124. The molecule has 1 aromatic heterocycles. The molecule has 1 aromatic carbocycles. The highest BCUT2D eigenvalue weighted by Crippen LogP contribution is 2.32. The van der Waals surface area contributed by atoms with Crippen molar-refractivity contribution in [3.63, 3.8) is 0 Å². The Morgan fingerprint density at radius 2 is 1.46 bits per heavy atom. The van der Waals surface area contributed by atoms with Gasteiger partial charge in [0.25, 0.3) is 0 Å². The Bertz CT molecular complexity index is 1140. The van der Waals surface area contributed by atoms with Crippen LogP contribution in [0.2, 0.25) is 0 Å². The average molecular weight is 588 g/mol. The summed E-state index contributed by atoms with van der Waals surface area (Å²) in [6, 6.07) is 10.5. The van der Waals surface area contributed by atoms with E-state index < -0.39 is 0 Å². The zero-order chi connectivity index (χ0) is 30.1. The molecule has 0 spiro atoms. The number of nitriles is 2. The maximum absolute atomic E-state index is 9.45. The van der Waals surface area contributed by atoms with Crippen molar-refractivity contribution in [2.75, 3.05) is 109 Å². The molecule has 0 atom stereocenters. The number of hydrogen-bond donors (Lipinski definition) is 2. The van der Waals surface area contributed by atoms with Gasteiger partial charge in [-0.1, -0.05) is 0 Å². The molecule has 0 aliphatic rings. The lowest BCUT2D eigenvalue weighted by Crippen LogP contribution is -2.42. The third kappa shape index (κ3) is 11.9. The second-order valence-corrected chi connectivity index (χ2v) is 11.3. The number of nitrogens with one attached hydrogen (secondary N) is 2. The molecule has 0 aliphatic carbocycles. The van der Waals surface area contributed by atoms with Crippen molar-refractivity contribution in [1.82, 2.24) is 0 Å². The third-order valence-corrected chi connectivity index (χ3v) is 8.06. The van der Waals surface area contributed by atoms with E-state index in [1.807, 2.05) is 13.0 Å². The highest BCUT2D eigenvalue weighted by molar-refractivity contribution is 7.17. The second kappa shape index (κ2) is 18.5. The number of anilines is 3. The first kappa shape index (κ1) is 34.3. The van der Waals surface area contributed by atoms with Gasteiger partial charge in [-0.05, 0) is 57.0 Å². The molecule has 0 saturated carbocycles. The van der Waals surface area contributed by atoms with Crippen LogP contribution in [0.4, 0.5) is 16.4 Å². The van der Waals surface area contributed by atoms with Gasteiger partial charge < -0.3 is 28.3 Å². The first-order valence-electron chi connectivity index (χ1n) is 14.2. The number of hydrogen-bond acceptors (Lipinski definition) is 10. The number of rotatable bonds is 21. The third-order valence-electron chi connectivity index (χ3n) is 6.95. The number of aryl methyl sites for hydroxylation is 1. The predicted octanol–water partition coefficient (Wildman–Crippen LogP) is 4.54. The van der Waals surface area contributed by atoms with Crippen LogP contribution in [-0.4, -0.2) is 97.6 Å². The Labute approximate surface area is 249 Å². The molecule has 0 amide bonds. The minimum Gasteiger partial charge on any atom is -0.377 e. The van der Waals surface area contributed by atoms with Crippen molar-refractivity contribution < 1.29 is 23.4 Å². The molecule has 0 unspecified atom stereocenters. The van der Waals surface area contributed by atoms with Crippen LogP contribution in [-0.2, 0) is 18.9 Å². The van der Waals surface area contributed by atoms with Gasteiger partial charge in [0.15, 0.2) is 0 Å². The fourth-order valence-electron chi connectivity index (χ4n) is 3.83. The summed E-state index contributed by atoms with van der Waals surface area (Å²) in [4.78, 5) is 2.80. The molecule has 11 heteroatoms. The zero-order valence-electron chi connectivity index (χ0n) is 25.5. The van der Waals surface area contributed by atoms with Gasteiger partial charge in [0.2, 0.25) is 0 Å². The molecule has 226 valence electrons. The minimum atomic E-state index is 0.492. The van der Waals surface area contributed by atoms with Gasteiger partial charge in [0, 0.05) is 18.8 Å². The first-order valence-corrected chi connectivity index (χ1v) is 15.0. The summed E-state index contributed by atoms with van der Waals surface area (Å²) >= 11 is 1.27. The van der Waals surface area contributed by atoms with E-state index in [0.717, 1.165) is 54.2 Å². The van der Waals surface area contributed by atoms with Crippen LogP contribution in [0.1, 0.15) is 35.4 Å². The van der Waals surface area contributed by atoms with Crippen LogP contribution in [0.5, 0.6) is 0 Å². The number of quaternary nitrogens is 1. The molecule has 2 N–H and O–H groups in total. The largest absolute Gasteiger partial charge is 0.377 e. The predicted molar refractivity (Wildman–Crippen MR) is 166 cm³/mol. The number of ether oxygens (including phenoxy) is 4. The van der Waals surface area contributed by atoms with E-state index in [2.05, 4.69) is 68.0 Å². The smallest absolute Gasteiger partial charge is 0.127 e. The van der Waals surface area contributed by atoms with E-state index >= 15 is 0 Å². The van der Waals surface area contributed by atoms with E-state index in [-0.39, 0.29) is 0 Å². The molecule has 0 bridgehead atoms. The van der Waals surface area contributed by atoms with Crippen molar-refractivity contribution in [2.45, 2.75) is 27.7 Å². The normalized spacial score (nSPS) is 11.2. The summed E-state index contributed by atoms with van der Waals surface area (Å²) in [7, 11) is 4.40. The Hall–Kier alpha value is -2.90. The summed E-state index contributed by atoms with van der Waals surface area (Å²) < 4.78 is 23.5. The van der Waals surface area contributed by atoms with Gasteiger partial charge in [-0.25, -0.2) is 0 Å². The minimum absolute atomic E-state index is 0.492. The van der Waals surface area contributed by atoms with Gasteiger partial charge in [-0.15, -0.1) is 11.3 Å². The van der Waals surface area contributed by atoms with Gasteiger partial charge >= 0.3 is 0 Å². The molecule has 0 aliphatic heterocycles. The molecule has 0 fully saturated rings. The number of thiophene rings is 1. The molecule has 0 saturated heterocycles. The Morgan fingerprint density at radius 1 is 0.854 bits per heavy atom. The topological polar surface area (TPSA) is 112 Å². The number of nitrogens with zero attached hydrogens (tertiary/aromatic N) is 4. The standard InChI is InChI=1S/C30H47N6O4S/c1-7-35(11-13-37-15-17-39-19-20-40-18-16-38-14-12-36(5,6)8-2)26-9-10-28(24(3)21-26)33-34-30-27(22-31)25(4)29(23-32)41-30/h9-10,21,33-34H,7-8,11-20H2,1-6H3/q+1. The first-order chi connectivity index (χ1) is 19.8. The van der Waals surface area contributed by atoms with Gasteiger partial charge in [-0.3, -0.25) is 10.9 Å². The monoisotopic (exact) mass is 587 g/mol. The molecule has 41 heavy (non-hydrogen) atoms. The Kier molecular flexibility index (Phi) is 15.5. The van der Waals surface area contributed by atoms with Crippen molar-refractivity contribution in [1.29, 1.82) is 10.5 Å². The number of likely N-dealkylation sites (N-methyl/N-ethyl adjacent to an activating group) is 2. The van der Waals surface area contributed by atoms with E-state index in [1.165, 1.54) is 11.3 Å². The van der Waals surface area contributed by atoms with Gasteiger partial charge in [0.1, 0.15) is 28.6 Å². The zero-order valence-corrected chi connectivity index (χ0v) is 26.4. The summed E-state index contributed by atoms with van der Waals surface area (Å²) in [5.74, 6) is 0. The SMILES string of the molecule is CCN(CCOCCOCCOCCOCC[N+](C)(C)CC)c1ccc(NNc2sc(C#N)c(C)c2C#N)c(C)c1. The summed E-state index contributed by atoms with van der Waals surface area (Å²) in [5.41, 5.74) is 10.6. The summed E-state index contributed by atoms with van der Waals surface area (Å²) in [6.07, 6.45) is 0.